The van der Waals surface area contributed by atoms with Gasteiger partial charge in [0.25, 0.3) is 0 Å². The molecule has 2 amide bonds. The minimum atomic E-state index is -0.256. The fourth-order valence-electron chi connectivity index (χ4n) is 3.45. The van der Waals surface area contributed by atoms with Crippen LogP contribution in [0.4, 0.5) is 5.82 Å². The predicted octanol–water partition coefficient (Wildman–Crippen LogP) is 3.27. The lowest BCUT2D eigenvalue weighted by Gasteiger charge is -2.26. The first-order valence-corrected chi connectivity index (χ1v) is 9.95. The summed E-state index contributed by atoms with van der Waals surface area (Å²) in [7, 11) is 1.59. The molecule has 0 radical (unpaired) electrons. The summed E-state index contributed by atoms with van der Waals surface area (Å²) < 4.78 is 7.06. The number of fused-ring (bicyclic) bond motifs is 1. The van der Waals surface area contributed by atoms with Crippen LogP contribution in [0.15, 0.2) is 54.6 Å². The fraction of sp³-hybridized carbons (Fsp3) is 0.227. The number of halogens is 1. The van der Waals surface area contributed by atoms with E-state index in [1.165, 1.54) is 4.90 Å². The zero-order valence-electron chi connectivity index (χ0n) is 16.5. The highest BCUT2D eigenvalue weighted by Crippen LogP contribution is 2.29. The van der Waals surface area contributed by atoms with Gasteiger partial charge < -0.3 is 10.1 Å². The molecule has 0 bridgehead atoms. The van der Waals surface area contributed by atoms with Crippen LogP contribution in [0.2, 0.25) is 5.02 Å². The van der Waals surface area contributed by atoms with Gasteiger partial charge >= 0.3 is 0 Å². The number of carbonyl (C=O) groups excluding carboxylic acids is 2. The monoisotopic (exact) mass is 424 g/mol. The number of aryl methyl sites for hydroxylation is 1. The van der Waals surface area contributed by atoms with Crippen LogP contribution >= 0.6 is 11.6 Å². The van der Waals surface area contributed by atoms with Gasteiger partial charge in [-0.15, -0.1) is 0 Å². The first kappa shape index (κ1) is 20.0. The molecule has 0 unspecified atom stereocenters. The highest BCUT2D eigenvalue weighted by atomic mass is 35.5. The van der Waals surface area contributed by atoms with Crippen molar-refractivity contribution in [3.8, 4) is 17.0 Å². The molecule has 8 heteroatoms. The van der Waals surface area contributed by atoms with Gasteiger partial charge in [-0.05, 0) is 18.2 Å². The molecule has 1 aliphatic heterocycles. The summed E-state index contributed by atoms with van der Waals surface area (Å²) in [6, 6.07) is 16.7. The Hall–Kier alpha value is -3.32. The average Bonchev–Trinajstić information content (AvgIpc) is 3.19. The topological polar surface area (TPSA) is 76.5 Å². The first-order chi connectivity index (χ1) is 14.5. The summed E-state index contributed by atoms with van der Waals surface area (Å²) in [5.74, 6) is 0.949. The second-order valence-corrected chi connectivity index (χ2v) is 7.38. The van der Waals surface area contributed by atoms with E-state index in [4.69, 9.17) is 16.3 Å². The summed E-state index contributed by atoms with van der Waals surface area (Å²) in [4.78, 5) is 26.6. The third-order valence-corrected chi connectivity index (χ3v) is 5.20. The Kier molecular flexibility index (Phi) is 5.72. The zero-order valence-corrected chi connectivity index (χ0v) is 17.2. The number of hydrogen-bond donors (Lipinski definition) is 1. The van der Waals surface area contributed by atoms with Gasteiger partial charge in [0.15, 0.2) is 0 Å². The normalized spacial score (nSPS) is 13.1. The molecule has 1 N–H and O–H groups in total. The van der Waals surface area contributed by atoms with Crippen molar-refractivity contribution < 1.29 is 14.3 Å². The SMILES string of the molecule is COc1ccccc1CNC(=O)CN1C(=O)CCn2nc(-c3cccc(Cl)c3)cc21. The van der Waals surface area contributed by atoms with Gasteiger partial charge in [-0.25, -0.2) is 4.68 Å². The lowest BCUT2D eigenvalue weighted by molar-refractivity contribution is -0.124. The number of hydrogen-bond acceptors (Lipinski definition) is 4. The Bertz CT molecular complexity index is 1100. The molecule has 3 aromatic rings. The molecule has 0 fully saturated rings. The number of ether oxygens (including phenoxy) is 1. The summed E-state index contributed by atoms with van der Waals surface area (Å²) in [6.07, 6.45) is 0.295. The van der Waals surface area contributed by atoms with E-state index in [0.29, 0.717) is 41.8 Å². The second kappa shape index (κ2) is 8.59. The van der Waals surface area contributed by atoms with Crippen LogP contribution in [0.3, 0.4) is 0 Å². The van der Waals surface area contributed by atoms with Crippen LogP contribution in [-0.4, -0.2) is 35.2 Å². The van der Waals surface area contributed by atoms with Gasteiger partial charge in [-0.1, -0.05) is 41.9 Å². The lowest BCUT2D eigenvalue weighted by atomic mass is 10.1. The first-order valence-electron chi connectivity index (χ1n) is 9.58. The number of aromatic nitrogens is 2. The van der Waals surface area contributed by atoms with Gasteiger partial charge in [0.1, 0.15) is 18.1 Å². The number of para-hydroxylation sites is 1. The zero-order chi connectivity index (χ0) is 21.1. The van der Waals surface area contributed by atoms with Crippen molar-refractivity contribution >= 4 is 29.2 Å². The summed E-state index contributed by atoms with van der Waals surface area (Å²) in [5, 5.41) is 8.06. The number of nitrogens with one attached hydrogen (secondary N) is 1. The van der Waals surface area contributed by atoms with Gasteiger partial charge in [0.2, 0.25) is 11.8 Å². The Morgan fingerprint density at radius 1 is 1.20 bits per heavy atom. The molecule has 30 heavy (non-hydrogen) atoms. The van der Waals surface area contributed by atoms with Crippen molar-refractivity contribution in [2.75, 3.05) is 18.6 Å². The third-order valence-electron chi connectivity index (χ3n) is 4.96. The van der Waals surface area contributed by atoms with Crippen LogP contribution < -0.4 is 15.0 Å². The number of anilines is 1. The predicted molar refractivity (Wildman–Crippen MR) is 114 cm³/mol. The fourth-order valence-corrected chi connectivity index (χ4v) is 3.64. The number of carbonyl (C=O) groups is 2. The van der Waals surface area contributed by atoms with E-state index in [-0.39, 0.29) is 18.4 Å². The minimum Gasteiger partial charge on any atom is -0.496 e. The maximum atomic E-state index is 12.6. The van der Waals surface area contributed by atoms with E-state index in [2.05, 4.69) is 10.4 Å². The molecule has 0 atom stereocenters. The van der Waals surface area contributed by atoms with Crippen LogP contribution in [0.25, 0.3) is 11.3 Å². The van der Waals surface area contributed by atoms with Crippen molar-refractivity contribution in [2.45, 2.75) is 19.5 Å². The Labute approximate surface area is 179 Å². The van der Waals surface area contributed by atoms with E-state index in [0.717, 1.165) is 11.1 Å². The molecule has 0 saturated carbocycles. The number of nitrogens with zero attached hydrogens (tertiary/aromatic N) is 3. The molecule has 2 heterocycles. The Morgan fingerprint density at radius 3 is 2.83 bits per heavy atom. The Morgan fingerprint density at radius 2 is 2.03 bits per heavy atom. The molecule has 1 aliphatic rings. The van der Waals surface area contributed by atoms with Crippen molar-refractivity contribution in [3.05, 3.63) is 65.2 Å². The third kappa shape index (κ3) is 4.16. The molecule has 7 nitrogen and oxygen atoms in total. The molecule has 0 saturated heterocycles. The van der Waals surface area contributed by atoms with E-state index < -0.39 is 0 Å². The molecular weight excluding hydrogens is 404 g/mol. The van der Waals surface area contributed by atoms with Crippen LogP contribution in [0.5, 0.6) is 5.75 Å². The minimum absolute atomic E-state index is 0.0747. The summed E-state index contributed by atoms with van der Waals surface area (Å²) >= 11 is 6.09. The molecule has 0 spiro atoms. The van der Waals surface area contributed by atoms with Gasteiger partial charge in [0.05, 0.1) is 19.3 Å². The number of amides is 2. The average molecular weight is 425 g/mol. The highest BCUT2D eigenvalue weighted by Gasteiger charge is 2.28. The maximum absolute atomic E-state index is 12.6. The van der Waals surface area contributed by atoms with Crippen LogP contribution in [-0.2, 0) is 22.7 Å². The second-order valence-electron chi connectivity index (χ2n) is 6.94. The Balaban J connectivity index is 1.49. The number of benzene rings is 2. The molecule has 2 aromatic carbocycles. The van der Waals surface area contributed by atoms with Gasteiger partial charge in [-0.3, -0.25) is 14.5 Å². The summed E-state index contributed by atoms with van der Waals surface area (Å²) in [5.41, 5.74) is 2.44. The van der Waals surface area contributed by atoms with Crippen LogP contribution in [0.1, 0.15) is 12.0 Å². The standard InChI is InChI=1S/C22H21ClN4O3/c1-30-19-8-3-2-5-16(19)13-24-20(28)14-26-21-12-18(15-6-4-7-17(23)11-15)25-27(21)10-9-22(26)29/h2-8,11-12H,9-10,13-14H2,1H3,(H,24,28). The smallest absolute Gasteiger partial charge is 0.240 e. The van der Waals surface area contributed by atoms with Crippen molar-refractivity contribution in [1.29, 1.82) is 0 Å². The molecular formula is C22H21ClN4O3. The van der Waals surface area contributed by atoms with Gasteiger partial charge in [0, 0.05) is 35.2 Å². The van der Waals surface area contributed by atoms with Crippen molar-refractivity contribution in [3.63, 3.8) is 0 Å². The molecule has 4 rings (SSSR count). The van der Waals surface area contributed by atoms with Crippen LogP contribution in [0, 0.1) is 0 Å². The summed E-state index contributed by atoms with van der Waals surface area (Å²) in [6.45, 7) is 0.723. The molecule has 0 aliphatic carbocycles. The molecule has 1 aromatic heterocycles. The highest BCUT2D eigenvalue weighted by molar-refractivity contribution is 6.30. The van der Waals surface area contributed by atoms with Crippen molar-refractivity contribution in [2.24, 2.45) is 0 Å². The van der Waals surface area contributed by atoms with Gasteiger partial charge in [-0.2, -0.15) is 5.10 Å². The van der Waals surface area contributed by atoms with E-state index in [9.17, 15) is 9.59 Å². The van der Waals surface area contributed by atoms with E-state index in [1.54, 1.807) is 17.9 Å². The molecule has 154 valence electrons. The number of rotatable bonds is 6. The lowest BCUT2D eigenvalue weighted by Crippen LogP contribution is -2.44. The quantitative estimate of drug-likeness (QED) is 0.659. The van der Waals surface area contributed by atoms with E-state index >= 15 is 0 Å². The van der Waals surface area contributed by atoms with E-state index in [1.807, 2.05) is 48.5 Å². The maximum Gasteiger partial charge on any atom is 0.240 e. The number of methoxy groups -OCH3 is 1. The van der Waals surface area contributed by atoms with Crippen molar-refractivity contribution in [1.82, 2.24) is 15.1 Å². The largest absolute Gasteiger partial charge is 0.496 e.